The standard InChI is InChI=1S/C13H18O5/c1-13(2,7-14)9-5-8(12(16)18-4)11(17-3)6-10(9)15/h5-6,14-15H,7H2,1-4H3. The number of benzene rings is 1. The highest BCUT2D eigenvalue weighted by atomic mass is 16.5. The monoisotopic (exact) mass is 254 g/mol. The number of esters is 1. The number of aromatic hydroxyl groups is 1. The summed E-state index contributed by atoms with van der Waals surface area (Å²) in [5.74, 6) is -0.350. The van der Waals surface area contributed by atoms with Crippen LogP contribution in [0.1, 0.15) is 29.8 Å². The van der Waals surface area contributed by atoms with Gasteiger partial charge >= 0.3 is 5.97 Å². The number of hydrogen-bond acceptors (Lipinski definition) is 5. The number of hydrogen-bond donors (Lipinski definition) is 2. The highest BCUT2D eigenvalue weighted by Gasteiger charge is 2.26. The van der Waals surface area contributed by atoms with Gasteiger partial charge in [0.25, 0.3) is 0 Å². The molecule has 0 saturated heterocycles. The van der Waals surface area contributed by atoms with Crippen molar-refractivity contribution in [1.82, 2.24) is 0 Å². The first kappa shape index (κ1) is 14.3. The maximum absolute atomic E-state index is 11.6. The van der Waals surface area contributed by atoms with Crippen LogP contribution in [0.15, 0.2) is 12.1 Å². The van der Waals surface area contributed by atoms with Gasteiger partial charge in [0.2, 0.25) is 0 Å². The third kappa shape index (κ3) is 2.56. The molecule has 0 atom stereocenters. The van der Waals surface area contributed by atoms with Crippen molar-refractivity contribution in [3.8, 4) is 11.5 Å². The Morgan fingerprint density at radius 2 is 1.94 bits per heavy atom. The predicted molar refractivity (Wildman–Crippen MR) is 66.1 cm³/mol. The molecule has 0 heterocycles. The van der Waals surface area contributed by atoms with E-state index in [1.54, 1.807) is 13.8 Å². The second-order valence-corrected chi connectivity index (χ2v) is 4.60. The molecule has 2 N–H and O–H groups in total. The lowest BCUT2D eigenvalue weighted by atomic mass is 9.84. The van der Waals surface area contributed by atoms with E-state index in [2.05, 4.69) is 4.74 Å². The summed E-state index contributed by atoms with van der Waals surface area (Å²) in [6, 6.07) is 2.83. The van der Waals surface area contributed by atoms with Gasteiger partial charge in [-0.05, 0) is 6.07 Å². The molecule has 0 amide bonds. The van der Waals surface area contributed by atoms with Crippen molar-refractivity contribution >= 4 is 5.97 Å². The molecule has 0 aliphatic rings. The van der Waals surface area contributed by atoms with E-state index in [9.17, 15) is 15.0 Å². The van der Waals surface area contributed by atoms with Crippen molar-refractivity contribution in [3.05, 3.63) is 23.3 Å². The number of phenolic OH excluding ortho intramolecular Hbond substituents is 1. The summed E-state index contributed by atoms with van der Waals surface area (Å²) in [5.41, 5.74) is 0.0135. The van der Waals surface area contributed by atoms with Gasteiger partial charge < -0.3 is 19.7 Å². The van der Waals surface area contributed by atoms with Crippen molar-refractivity contribution in [3.63, 3.8) is 0 Å². The molecule has 5 heteroatoms. The van der Waals surface area contributed by atoms with E-state index in [0.717, 1.165) is 0 Å². The molecule has 1 aromatic carbocycles. The normalized spacial score (nSPS) is 11.2. The molecule has 0 spiro atoms. The molecule has 0 aliphatic carbocycles. The Bertz CT molecular complexity index is 451. The lowest BCUT2D eigenvalue weighted by Crippen LogP contribution is -2.23. The lowest BCUT2D eigenvalue weighted by Gasteiger charge is -2.24. The topological polar surface area (TPSA) is 76.0 Å². The van der Waals surface area contributed by atoms with Crippen LogP contribution in [0.25, 0.3) is 0 Å². The molecule has 0 aliphatic heterocycles. The number of rotatable bonds is 4. The third-order valence-corrected chi connectivity index (χ3v) is 2.85. The molecule has 1 aromatic rings. The fraction of sp³-hybridized carbons (Fsp3) is 0.462. The van der Waals surface area contributed by atoms with E-state index in [1.165, 1.54) is 26.4 Å². The summed E-state index contributed by atoms with van der Waals surface area (Å²) < 4.78 is 9.68. The first-order valence-electron chi connectivity index (χ1n) is 5.48. The van der Waals surface area contributed by atoms with Crippen LogP contribution in [0.5, 0.6) is 11.5 Å². The SMILES string of the molecule is COC(=O)c1cc(C(C)(C)CO)c(O)cc1OC. The molecule has 0 radical (unpaired) electrons. The van der Waals surface area contributed by atoms with Crippen LogP contribution in [-0.2, 0) is 10.2 Å². The Hall–Kier alpha value is -1.75. The largest absolute Gasteiger partial charge is 0.508 e. The second kappa shape index (κ2) is 5.27. The number of ether oxygens (including phenoxy) is 2. The first-order chi connectivity index (χ1) is 8.37. The number of carbonyl (C=O) groups excluding carboxylic acids is 1. The Morgan fingerprint density at radius 3 is 2.39 bits per heavy atom. The van der Waals surface area contributed by atoms with E-state index in [-0.39, 0.29) is 23.7 Å². The fourth-order valence-corrected chi connectivity index (χ4v) is 1.63. The van der Waals surface area contributed by atoms with Crippen LogP contribution < -0.4 is 4.74 Å². The van der Waals surface area contributed by atoms with Gasteiger partial charge in [0.05, 0.1) is 20.8 Å². The molecular formula is C13H18O5. The van der Waals surface area contributed by atoms with E-state index in [1.807, 2.05) is 0 Å². The van der Waals surface area contributed by atoms with E-state index in [0.29, 0.717) is 5.56 Å². The highest BCUT2D eigenvalue weighted by molar-refractivity contribution is 5.93. The molecule has 0 bridgehead atoms. The zero-order valence-electron chi connectivity index (χ0n) is 11.0. The average molecular weight is 254 g/mol. The number of aliphatic hydroxyl groups is 1. The van der Waals surface area contributed by atoms with Gasteiger partial charge in [-0.2, -0.15) is 0 Å². The molecule has 5 nitrogen and oxygen atoms in total. The highest BCUT2D eigenvalue weighted by Crippen LogP contribution is 2.36. The zero-order chi connectivity index (χ0) is 13.9. The molecule has 0 unspecified atom stereocenters. The van der Waals surface area contributed by atoms with E-state index in [4.69, 9.17) is 4.74 Å². The van der Waals surface area contributed by atoms with Gasteiger partial charge in [0, 0.05) is 17.0 Å². The maximum Gasteiger partial charge on any atom is 0.341 e. The van der Waals surface area contributed by atoms with Crippen LogP contribution in [0.4, 0.5) is 0 Å². The summed E-state index contributed by atoms with van der Waals surface area (Å²) in [6.07, 6.45) is 0. The van der Waals surface area contributed by atoms with Crippen molar-refractivity contribution in [2.75, 3.05) is 20.8 Å². The summed E-state index contributed by atoms with van der Waals surface area (Å²) >= 11 is 0. The minimum atomic E-state index is -0.668. The smallest absolute Gasteiger partial charge is 0.341 e. The molecule has 18 heavy (non-hydrogen) atoms. The molecular weight excluding hydrogens is 236 g/mol. The zero-order valence-corrected chi connectivity index (χ0v) is 11.0. The van der Waals surface area contributed by atoms with Gasteiger partial charge in [-0.15, -0.1) is 0 Å². The minimum absolute atomic E-state index is 0.0291. The fourth-order valence-electron chi connectivity index (χ4n) is 1.63. The van der Waals surface area contributed by atoms with Crippen molar-refractivity contribution in [1.29, 1.82) is 0 Å². The minimum Gasteiger partial charge on any atom is -0.508 e. The molecule has 0 saturated carbocycles. The summed E-state index contributed by atoms with van der Waals surface area (Å²) in [4.78, 5) is 11.6. The van der Waals surface area contributed by atoms with Crippen molar-refractivity contribution in [2.45, 2.75) is 19.3 Å². The number of phenols is 1. The second-order valence-electron chi connectivity index (χ2n) is 4.60. The van der Waals surface area contributed by atoms with Gasteiger partial charge in [-0.1, -0.05) is 13.8 Å². The Balaban J connectivity index is 3.44. The first-order valence-corrected chi connectivity index (χ1v) is 5.48. The van der Waals surface area contributed by atoms with Crippen molar-refractivity contribution < 1.29 is 24.5 Å². The molecule has 0 fully saturated rings. The van der Waals surface area contributed by atoms with Crippen LogP contribution in [0.2, 0.25) is 0 Å². The summed E-state index contributed by atoms with van der Waals surface area (Å²) in [5, 5.41) is 19.3. The summed E-state index contributed by atoms with van der Waals surface area (Å²) in [6.45, 7) is 3.36. The Morgan fingerprint density at radius 1 is 1.33 bits per heavy atom. The van der Waals surface area contributed by atoms with Gasteiger partial charge in [0.15, 0.2) is 0 Å². The Kier molecular flexibility index (Phi) is 4.19. The van der Waals surface area contributed by atoms with E-state index >= 15 is 0 Å². The molecule has 1 rings (SSSR count). The van der Waals surface area contributed by atoms with Crippen LogP contribution in [-0.4, -0.2) is 37.0 Å². The number of methoxy groups -OCH3 is 2. The quantitative estimate of drug-likeness (QED) is 0.795. The van der Waals surface area contributed by atoms with E-state index < -0.39 is 11.4 Å². The van der Waals surface area contributed by atoms with Crippen molar-refractivity contribution in [2.24, 2.45) is 0 Å². The number of carbonyl (C=O) groups is 1. The van der Waals surface area contributed by atoms with Crippen LogP contribution >= 0.6 is 0 Å². The Labute approximate surface area is 106 Å². The molecule has 100 valence electrons. The average Bonchev–Trinajstić information content (AvgIpc) is 2.37. The van der Waals surface area contributed by atoms with Gasteiger partial charge in [-0.3, -0.25) is 0 Å². The van der Waals surface area contributed by atoms with Crippen LogP contribution in [0.3, 0.4) is 0 Å². The molecule has 0 aromatic heterocycles. The predicted octanol–water partition coefficient (Wildman–Crippen LogP) is 1.46. The number of aliphatic hydroxyl groups excluding tert-OH is 1. The van der Waals surface area contributed by atoms with Crippen LogP contribution in [0, 0.1) is 0 Å². The van der Waals surface area contributed by atoms with Gasteiger partial charge in [-0.25, -0.2) is 4.79 Å². The third-order valence-electron chi connectivity index (χ3n) is 2.85. The lowest BCUT2D eigenvalue weighted by molar-refractivity contribution is 0.0596. The summed E-state index contributed by atoms with van der Waals surface area (Å²) in [7, 11) is 2.67. The van der Waals surface area contributed by atoms with Gasteiger partial charge in [0.1, 0.15) is 17.1 Å². The maximum atomic E-state index is 11.6.